The Kier molecular flexibility index (Phi) is 4.36. The zero-order chi connectivity index (χ0) is 14.5. The Morgan fingerprint density at radius 2 is 2.05 bits per heavy atom. The van der Waals surface area contributed by atoms with Gasteiger partial charge in [-0.2, -0.15) is 0 Å². The van der Waals surface area contributed by atoms with Gasteiger partial charge in [0.1, 0.15) is 6.61 Å². The van der Waals surface area contributed by atoms with Crippen LogP contribution in [0, 0.1) is 0 Å². The SMILES string of the molecule is O=C(OCc1ccccc1)N1CC=C(c2cccs2)CC1. The highest BCUT2D eigenvalue weighted by molar-refractivity contribution is 7.11. The topological polar surface area (TPSA) is 29.5 Å². The lowest BCUT2D eigenvalue weighted by Gasteiger charge is -2.25. The zero-order valence-electron chi connectivity index (χ0n) is 11.7. The summed E-state index contributed by atoms with van der Waals surface area (Å²) in [5.41, 5.74) is 2.34. The van der Waals surface area contributed by atoms with E-state index >= 15 is 0 Å². The van der Waals surface area contributed by atoms with Crippen LogP contribution >= 0.6 is 11.3 Å². The normalized spacial score (nSPS) is 14.7. The third-order valence-corrected chi connectivity index (χ3v) is 4.46. The van der Waals surface area contributed by atoms with Crippen molar-refractivity contribution >= 4 is 23.0 Å². The molecule has 0 N–H and O–H groups in total. The van der Waals surface area contributed by atoms with Crippen LogP contribution in [-0.2, 0) is 11.3 Å². The van der Waals surface area contributed by atoms with E-state index in [-0.39, 0.29) is 6.09 Å². The standard InChI is InChI=1S/C17H17NO2S/c19-17(20-13-14-5-2-1-3-6-14)18-10-8-15(9-11-18)16-7-4-12-21-16/h1-8,12H,9-11,13H2. The quantitative estimate of drug-likeness (QED) is 0.851. The molecule has 1 aliphatic rings. The van der Waals surface area contributed by atoms with Crippen LogP contribution in [0.1, 0.15) is 16.9 Å². The van der Waals surface area contributed by atoms with Gasteiger partial charge in [0.05, 0.1) is 0 Å². The molecule has 3 rings (SSSR count). The van der Waals surface area contributed by atoms with E-state index in [1.165, 1.54) is 10.5 Å². The van der Waals surface area contributed by atoms with Crippen LogP contribution in [0.5, 0.6) is 0 Å². The molecule has 21 heavy (non-hydrogen) atoms. The molecule has 0 bridgehead atoms. The maximum Gasteiger partial charge on any atom is 0.410 e. The van der Waals surface area contributed by atoms with E-state index in [0.717, 1.165) is 18.5 Å². The summed E-state index contributed by atoms with van der Waals surface area (Å²) in [5, 5.41) is 2.08. The third kappa shape index (κ3) is 3.52. The average molecular weight is 299 g/mol. The summed E-state index contributed by atoms with van der Waals surface area (Å²) in [6.45, 7) is 1.68. The van der Waals surface area contributed by atoms with Gasteiger partial charge in [0.25, 0.3) is 0 Å². The van der Waals surface area contributed by atoms with Crippen LogP contribution in [0.4, 0.5) is 4.79 Å². The van der Waals surface area contributed by atoms with Gasteiger partial charge >= 0.3 is 6.09 Å². The monoisotopic (exact) mass is 299 g/mol. The lowest BCUT2D eigenvalue weighted by Crippen LogP contribution is -2.34. The number of carbonyl (C=O) groups excluding carboxylic acids is 1. The van der Waals surface area contributed by atoms with E-state index in [1.54, 1.807) is 16.2 Å². The molecule has 1 aromatic heterocycles. The maximum atomic E-state index is 12.0. The number of ether oxygens (including phenoxy) is 1. The van der Waals surface area contributed by atoms with Crippen LogP contribution in [0.3, 0.4) is 0 Å². The molecule has 0 aliphatic carbocycles. The number of carbonyl (C=O) groups is 1. The van der Waals surface area contributed by atoms with Gasteiger partial charge in [0.15, 0.2) is 0 Å². The minimum Gasteiger partial charge on any atom is -0.445 e. The van der Waals surface area contributed by atoms with Gasteiger partial charge in [0.2, 0.25) is 0 Å². The van der Waals surface area contributed by atoms with Gasteiger partial charge in [-0.15, -0.1) is 11.3 Å². The number of nitrogens with zero attached hydrogens (tertiary/aromatic N) is 1. The van der Waals surface area contributed by atoms with Crippen molar-refractivity contribution in [3.05, 3.63) is 64.4 Å². The number of rotatable bonds is 3. The molecule has 0 atom stereocenters. The second-order valence-corrected chi connectivity index (χ2v) is 5.89. The molecule has 1 amide bonds. The van der Waals surface area contributed by atoms with E-state index in [1.807, 2.05) is 30.3 Å². The van der Waals surface area contributed by atoms with E-state index in [2.05, 4.69) is 23.6 Å². The summed E-state index contributed by atoms with van der Waals surface area (Å²) >= 11 is 1.74. The molecular formula is C17H17NO2S. The third-order valence-electron chi connectivity index (χ3n) is 3.51. The van der Waals surface area contributed by atoms with Gasteiger partial charge in [-0.3, -0.25) is 0 Å². The van der Waals surface area contributed by atoms with Crippen molar-refractivity contribution in [3.8, 4) is 0 Å². The molecule has 1 aromatic carbocycles. The molecule has 0 spiro atoms. The second-order valence-electron chi connectivity index (χ2n) is 4.94. The fourth-order valence-corrected chi connectivity index (χ4v) is 3.13. The molecule has 0 saturated carbocycles. The van der Waals surface area contributed by atoms with E-state index in [9.17, 15) is 4.79 Å². The van der Waals surface area contributed by atoms with Gasteiger partial charge in [-0.1, -0.05) is 42.5 Å². The summed E-state index contributed by atoms with van der Waals surface area (Å²) in [4.78, 5) is 15.1. The maximum absolute atomic E-state index is 12.0. The Labute approximate surface area is 128 Å². The number of hydrogen-bond donors (Lipinski definition) is 0. The van der Waals surface area contributed by atoms with Crippen molar-refractivity contribution < 1.29 is 9.53 Å². The first-order valence-corrected chi connectivity index (χ1v) is 7.89. The molecule has 3 nitrogen and oxygen atoms in total. The summed E-state index contributed by atoms with van der Waals surface area (Å²) < 4.78 is 5.35. The van der Waals surface area contributed by atoms with Crippen LogP contribution in [0.25, 0.3) is 5.57 Å². The second kappa shape index (κ2) is 6.59. The minimum atomic E-state index is -0.236. The Bertz CT molecular complexity index is 620. The zero-order valence-corrected chi connectivity index (χ0v) is 12.5. The Hall–Kier alpha value is -2.07. The van der Waals surface area contributed by atoms with E-state index < -0.39 is 0 Å². The highest BCUT2D eigenvalue weighted by Crippen LogP contribution is 2.26. The summed E-state index contributed by atoms with van der Waals surface area (Å²) in [6, 6.07) is 13.9. The molecule has 0 fully saturated rings. The summed E-state index contributed by atoms with van der Waals surface area (Å²) in [7, 11) is 0. The first-order valence-electron chi connectivity index (χ1n) is 7.01. The molecule has 4 heteroatoms. The van der Waals surface area contributed by atoms with Crippen molar-refractivity contribution in [2.24, 2.45) is 0 Å². The van der Waals surface area contributed by atoms with E-state index in [4.69, 9.17) is 4.74 Å². The van der Waals surface area contributed by atoms with Crippen LogP contribution < -0.4 is 0 Å². The van der Waals surface area contributed by atoms with Gasteiger partial charge in [0, 0.05) is 18.0 Å². The molecule has 2 heterocycles. The van der Waals surface area contributed by atoms with Crippen LogP contribution in [-0.4, -0.2) is 24.1 Å². The first kappa shape index (κ1) is 13.9. The van der Waals surface area contributed by atoms with Crippen molar-refractivity contribution in [3.63, 3.8) is 0 Å². The summed E-state index contributed by atoms with van der Waals surface area (Å²) in [6.07, 6.45) is 2.78. The highest BCUT2D eigenvalue weighted by atomic mass is 32.1. The molecule has 1 aliphatic heterocycles. The molecule has 108 valence electrons. The summed E-state index contributed by atoms with van der Waals surface area (Å²) in [5.74, 6) is 0. The van der Waals surface area contributed by atoms with Crippen LogP contribution in [0.15, 0.2) is 53.9 Å². The number of benzene rings is 1. The van der Waals surface area contributed by atoms with E-state index in [0.29, 0.717) is 13.2 Å². The van der Waals surface area contributed by atoms with Crippen molar-refractivity contribution in [2.75, 3.05) is 13.1 Å². The fraction of sp³-hybridized carbons (Fsp3) is 0.235. The van der Waals surface area contributed by atoms with Crippen LogP contribution in [0.2, 0.25) is 0 Å². The average Bonchev–Trinajstić information content (AvgIpc) is 3.08. The number of thiophene rings is 1. The van der Waals surface area contributed by atoms with Crippen molar-refractivity contribution in [1.82, 2.24) is 4.90 Å². The van der Waals surface area contributed by atoms with Crippen molar-refractivity contribution in [2.45, 2.75) is 13.0 Å². The highest BCUT2D eigenvalue weighted by Gasteiger charge is 2.19. The molecular weight excluding hydrogens is 282 g/mol. The first-order chi connectivity index (χ1) is 10.3. The molecule has 2 aromatic rings. The largest absolute Gasteiger partial charge is 0.445 e. The predicted octanol–water partition coefficient (Wildman–Crippen LogP) is 4.17. The number of amides is 1. The lowest BCUT2D eigenvalue weighted by molar-refractivity contribution is 0.0998. The van der Waals surface area contributed by atoms with Gasteiger partial charge in [-0.05, 0) is 29.0 Å². The van der Waals surface area contributed by atoms with Gasteiger partial charge in [-0.25, -0.2) is 4.79 Å². The minimum absolute atomic E-state index is 0.236. The van der Waals surface area contributed by atoms with Crippen molar-refractivity contribution in [1.29, 1.82) is 0 Å². The lowest BCUT2D eigenvalue weighted by atomic mass is 10.1. The predicted molar refractivity (Wildman–Crippen MR) is 85.1 cm³/mol. The molecule has 0 radical (unpaired) electrons. The number of hydrogen-bond acceptors (Lipinski definition) is 3. The smallest absolute Gasteiger partial charge is 0.410 e. The Morgan fingerprint density at radius 1 is 1.19 bits per heavy atom. The molecule has 0 unspecified atom stereocenters. The Balaban J connectivity index is 1.53. The van der Waals surface area contributed by atoms with Gasteiger partial charge < -0.3 is 9.64 Å². The fourth-order valence-electron chi connectivity index (χ4n) is 2.33. The Morgan fingerprint density at radius 3 is 2.71 bits per heavy atom. The molecule has 0 saturated heterocycles.